The fourth-order valence-electron chi connectivity index (χ4n) is 6.76. The predicted octanol–water partition coefficient (Wildman–Crippen LogP) is 9.05. The molecule has 0 saturated heterocycles. The number of aromatic hydroxyl groups is 1. The normalized spacial score (nSPS) is 17.1. The highest BCUT2D eigenvalue weighted by molar-refractivity contribution is 6.17. The second-order valence-corrected chi connectivity index (χ2v) is 11.5. The number of hydrogen-bond donors (Lipinski definition) is 1. The van der Waals surface area contributed by atoms with Gasteiger partial charge in [-0.3, -0.25) is 0 Å². The Morgan fingerprint density at radius 1 is 0.795 bits per heavy atom. The summed E-state index contributed by atoms with van der Waals surface area (Å²) in [6.45, 7) is 1.94. The minimum absolute atomic E-state index is 0.0822. The molecule has 2 aromatic heterocycles. The lowest BCUT2D eigenvalue weighted by Crippen LogP contribution is -2.15. The minimum Gasteiger partial charge on any atom is -0.506 e. The van der Waals surface area contributed by atoms with E-state index in [9.17, 15) is 5.11 Å². The van der Waals surface area contributed by atoms with Crippen LogP contribution in [0, 0.1) is 6.92 Å². The van der Waals surface area contributed by atoms with E-state index in [1.165, 1.54) is 16.7 Å². The van der Waals surface area contributed by atoms with Gasteiger partial charge in [-0.15, -0.1) is 0 Å². The summed E-state index contributed by atoms with van der Waals surface area (Å²) in [6.07, 6.45) is 0.550. The van der Waals surface area contributed by atoms with Gasteiger partial charge in [0.05, 0.1) is 11.6 Å². The zero-order valence-corrected chi connectivity index (χ0v) is 23.8. The van der Waals surface area contributed by atoms with Gasteiger partial charge in [0.2, 0.25) is 11.8 Å². The number of hydrogen-bond acceptors (Lipinski definition) is 6. The van der Waals surface area contributed by atoms with E-state index >= 15 is 0 Å². The lowest BCUT2D eigenvalue weighted by atomic mass is 9.96. The molecule has 0 fully saturated rings. The summed E-state index contributed by atoms with van der Waals surface area (Å²) in [5.41, 5.74) is 8.52. The van der Waals surface area contributed by atoms with E-state index in [0.717, 1.165) is 44.9 Å². The molecule has 7 aromatic rings. The monoisotopic (exact) mass is 574 g/mol. The van der Waals surface area contributed by atoms with Crippen molar-refractivity contribution >= 4 is 38.7 Å². The van der Waals surface area contributed by atoms with Gasteiger partial charge in [0.1, 0.15) is 34.3 Å². The number of para-hydroxylation sites is 1. The smallest absolute Gasteiger partial charge is 0.219 e. The summed E-state index contributed by atoms with van der Waals surface area (Å²) in [7, 11) is 0. The third-order valence-electron chi connectivity index (χ3n) is 8.67. The Hall–Kier alpha value is -5.62. The van der Waals surface area contributed by atoms with Crippen LogP contribution >= 0.6 is 0 Å². The topological polar surface area (TPSA) is 77.1 Å². The highest BCUT2D eigenvalue weighted by atomic mass is 16.5. The lowest BCUT2D eigenvalue weighted by molar-refractivity contribution is 0.197. The van der Waals surface area contributed by atoms with Crippen LogP contribution in [0.25, 0.3) is 44.0 Å². The van der Waals surface area contributed by atoms with Gasteiger partial charge in [-0.05, 0) is 65.9 Å². The Morgan fingerprint density at radius 2 is 1.61 bits per heavy atom. The Kier molecular flexibility index (Phi) is 5.35. The van der Waals surface area contributed by atoms with Crippen molar-refractivity contribution in [2.24, 2.45) is 4.99 Å². The van der Waals surface area contributed by atoms with Crippen LogP contribution in [0.15, 0.2) is 119 Å². The van der Waals surface area contributed by atoms with Crippen LogP contribution in [0.4, 0.5) is 0 Å². The zero-order valence-electron chi connectivity index (χ0n) is 23.8. The van der Waals surface area contributed by atoms with E-state index in [0.29, 0.717) is 28.6 Å². The number of furan rings is 1. The van der Waals surface area contributed by atoms with Crippen molar-refractivity contribution in [1.82, 2.24) is 4.98 Å². The van der Waals surface area contributed by atoms with E-state index < -0.39 is 0 Å². The van der Waals surface area contributed by atoms with Crippen LogP contribution in [0.1, 0.15) is 28.4 Å². The molecule has 212 valence electrons. The van der Waals surface area contributed by atoms with Gasteiger partial charge in [0.25, 0.3) is 0 Å². The maximum absolute atomic E-state index is 10.5. The molecule has 6 nitrogen and oxygen atoms in total. The van der Waals surface area contributed by atoms with Crippen molar-refractivity contribution < 1.29 is 19.0 Å². The molecule has 2 atom stereocenters. The lowest BCUT2D eigenvalue weighted by Gasteiger charge is -2.18. The summed E-state index contributed by atoms with van der Waals surface area (Å²) in [5.74, 6) is 1.58. The molecule has 0 unspecified atom stereocenters. The molecule has 0 bridgehead atoms. The highest BCUT2D eigenvalue weighted by Gasteiger charge is 2.38. The highest BCUT2D eigenvalue weighted by Crippen LogP contribution is 2.45. The zero-order chi connectivity index (χ0) is 29.4. The molecule has 1 aliphatic carbocycles. The van der Waals surface area contributed by atoms with Gasteiger partial charge < -0.3 is 19.0 Å². The van der Waals surface area contributed by atoms with Crippen LogP contribution < -0.4 is 4.74 Å². The standard InChI is InChI=1S/C38H26N2O4/c1-21-16-23-14-15-34(40-36(23)31(41)17-21)42-24-19-29(35-28-12-6-7-13-32(28)43-33(35)20-24)38-39-30-18-22-8-2-3-9-25(22)26-10-4-5-11-27(26)37(30)44-38/h2-17,19-20,30,37,41H,18H2,1H3/t30-,37-/m0/s1. The Morgan fingerprint density at radius 3 is 2.55 bits per heavy atom. The molecule has 1 N–H and O–H groups in total. The van der Waals surface area contributed by atoms with Crippen LogP contribution in [-0.2, 0) is 11.2 Å². The predicted molar refractivity (Wildman–Crippen MR) is 172 cm³/mol. The second kappa shape index (κ2) is 9.44. The Balaban J connectivity index is 1.19. The number of aryl methyl sites for hydroxylation is 1. The number of pyridine rings is 1. The van der Waals surface area contributed by atoms with Gasteiger partial charge in [0.15, 0.2) is 0 Å². The quantitative estimate of drug-likeness (QED) is 0.228. The number of fused-ring (bicyclic) bond motifs is 9. The first-order valence-electron chi connectivity index (χ1n) is 14.7. The van der Waals surface area contributed by atoms with E-state index in [2.05, 4.69) is 59.6 Å². The summed E-state index contributed by atoms with van der Waals surface area (Å²) in [6, 6.07) is 36.1. The molecule has 44 heavy (non-hydrogen) atoms. The van der Waals surface area contributed by atoms with Crippen molar-refractivity contribution in [2.75, 3.05) is 0 Å². The molecule has 5 aromatic carbocycles. The number of phenols is 1. The average Bonchev–Trinajstić information content (AvgIpc) is 3.59. The minimum atomic E-state index is -0.222. The summed E-state index contributed by atoms with van der Waals surface area (Å²) in [4.78, 5) is 9.84. The van der Waals surface area contributed by atoms with Crippen molar-refractivity contribution in [2.45, 2.75) is 25.5 Å². The number of nitrogens with zero attached hydrogens (tertiary/aromatic N) is 2. The number of benzene rings is 5. The third kappa shape index (κ3) is 3.88. The fraction of sp³-hybridized carbons (Fsp3) is 0.105. The van der Waals surface area contributed by atoms with E-state index in [-0.39, 0.29) is 17.9 Å². The van der Waals surface area contributed by atoms with E-state index in [1.54, 1.807) is 12.1 Å². The molecule has 0 spiro atoms. The number of aliphatic imine (C=N–C) groups is 1. The maximum atomic E-state index is 10.5. The second-order valence-electron chi connectivity index (χ2n) is 11.5. The van der Waals surface area contributed by atoms with Crippen molar-refractivity contribution in [1.29, 1.82) is 0 Å². The van der Waals surface area contributed by atoms with Crippen molar-refractivity contribution in [3.63, 3.8) is 0 Å². The average molecular weight is 575 g/mol. The van der Waals surface area contributed by atoms with Gasteiger partial charge in [-0.2, -0.15) is 0 Å². The first kappa shape index (κ1) is 24.9. The molecule has 0 radical (unpaired) electrons. The molecule has 0 saturated carbocycles. The summed E-state index contributed by atoms with van der Waals surface area (Å²) in [5, 5.41) is 13.3. The van der Waals surface area contributed by atoms with Crippen LogP contribution in [0.3, 0.4) is 0 Å². The molecule has 0 amide bonds. The summed E-state index contributed by atoms with van der Waals surface area (Å²) >= 11 is 0. The van der Waals surface area contributed by atoms with Gasteiger partial charge in [0, 0.05) is 33.9 Å². The number of rotatable bonds is 3. The van der Waals surface area contributed by atoms with Crippen LogP contribution in [0.5, 0.6) is 17.4 Å². The molecular formula is C38H26N2O4. The molecule has 2 aliphatic rings. The van der Waals surface area contributed by atoms with Gasteiger partial charge in [-0.1, -0.05) is 66.7 Å². The van der Waals surface area contributed by atoms with Crippen LogP contribution in [-0.4, -0.2) is 22.0 Å². The Bertz CT molecular complexity index is 2320. The number of aromatic nitrogens is 1. The first-order valence-corrected chi connectivity index (χ1v) is 14.7. The molecule has 3 heterocycles. The number of phenolic OH excluding ortho intramolecular Hbond substituents is 1. The van der Waals surface area contributed by atoms with Gasteiger partial charge in [-0.25, -0.2) is 9.98 Å². The number of ether oxygens (including phenoxy) is 2. The summed E-state index contributed by atoms with van der Waals surface area (Å²) < 4.78 is 19.5. The fourth-order valence-corrected chi connectivity index (χ4v) is 6.76. The molecular weight excluding hydrogens is 548 g/mol. The van der Waals surface area contributed by atoms with E-state index in [1.807, 2.05) is 49.4 Å². The molecule has 9 rings (SSSR count). The van der Waals surface area contributed by atoms with Gasteiger partial charge >= 0.3 is 0 Å². The molecule has 1 aliphatic heterocycles. The van der Waals surface area contributed by atoms with E-state index in [4.69, 9.17) is 18.9 Å². The third-order valence-corrected chi connectivity index (χ3v) is 8.67. The molecule has 6 heteroatoms. The SMILES string of the molecule is Cc1cc(O)c2nc(Oc3cc(C4=N[C@H]5Cc6ccccc6-c6ccccc6[C@@H]5O4)c4c(c3)oc3ccccc34)ccc2c1. The Labute approximate surface area is 252 Å². The largest absolute Gasteiger partial charge is 0.506 e. The van der Waals surface area contributed by atoms with Crippen molar-refractivity contribution in [3.05, 3.63) is 131 Å². The first-order chi connectivity index (χ1) is 21.6. The maximum Gasteiger partial charge on any atom is 0.219 e. The van der Waals surface area contributed by atoms with Crippen LogP contribution in [0.2, 0.25) is 0 Å². The van der Waals surface area contributed by atoms with Crippen molar-refractivity contribution in [3.8, 4) is 28.5 Å².